The fraction of sp³-hybridized carbons (Fsp3) is 0.286. The number of halogens is 2. The Balaban J connectivity index is 1.54. The van der Waals surface area contributed by atoms with Gasteiger partial charge in [-0.25, -0.2) is 4.39 Å². The van der Waals surface area contributed by atoms with Gasteiger partial charge in [0.15, 0.2) is 0 Å². The van der Waals surface area contributed by atoms with Crippen LogP contribution in [0.5, 0.6) is 0 Å². The summed E-state index contributed by atoms with van der Waals surface area (Å²) < 4.78 is 13.2. The topological polar surface area (TPSA) is 69.7 Å². The Labute approximate surface area is 173 Å². The number of amides is 3. The predicted molar refractivity (Wildman–Crippen MR) is 108 cm³/mol. The summed E-state index contributed by atoms with van der Waals surface area (Å²) in [5, 5.41) is 2.73. The average molecular weight is 418 g/mol. The molecule has 0 aromatic heterocycles. The Kier molecular flexibility index (Phi) is 6.49. The Morgan fingerprint density at radius 3 is 2.55 bits per heavy atom. The quantitative estimate of drug-likeness (QED) is 0.734. The molecule has 1 saturated heterocycles. The third kappa shape index (κ3) is 4.92. The fourth-order valence-corrected chi connectivity index (χ4v) is 3.33. The number of piperazine rings is 1. The Bertz CT molecular complexity index is 923. The number of carbonyl (C=O) groups is 3. The molecule has 1 aliphatic heterocycles. The number of para-hydroxylation sites is 1. The lowest BCUT2D eigenvalue weighted by atomic mass is 10.1. The van der Waals surface area contributed by atoms with Crippen molar-refractivity contribution in [3.63, 3.8) is 0 Å². The number of hydrogen-bond donors (Lipinski definition) is 1. The van der Waals surface area contributed by atoms with E-state index >= 15 is 0 Å². The Morgan fingerprint density at radius 2 is 1.86 bits per heavy atom. The van der Waals surface area contributed by atoms with Crippen LogP contribution in [0.1, 0.15) is 12.5 Å². The van der Waals surface area contributed by atoms with Crippen LogP contribution in [-0.2, 0) is 20.9 Å². The minimum atomic E-state index is -0.620. The average Bonchev–Trinajstić information content (AvgIpc) is 2.72. The molecule has 0 aliphatic carbocycles. The molecule has 0 radical (unpaired) electrons. The number of nitrogens with zero attached hydrogens (tertiary/aromatic N) is 2. The van der Waals surface area contributed by atoms with Gasteiger partial charge in [-0.15, -0.1) is 0 Å². The first-order chi connectivity index (χ1) is 13.9. The maximum Gasteiger partial charge on any atom is 0.316 e. The van der Waals surface area contributed by atoms with Gasteiger partial charge >= 0.3 is 11.8 Å². The van der Waals surface area contributed by atoms with E-state index in [1.54, 1.807) is 31.2 Å². The summed E-state index contributed by atoms with van der Waals surface area (Å²) in [5.74, 6) is -2.52. The summed E-state index contributed by atoms with van der Waals surface area (Å²) in [6.07, 6.45) is 0. The molecule has 1 heterocycles. The molecule has 2 aromatic rings. The van der Waals surface area contributed by atoms with Crippen molar-refractivity contribution in [2.45, 2.75) is 13.5 Å². The molecule has 3 rings (SSSR count). The standard InChI is InChI=1S/C21H21ClFN3O3/c1-14(19(27)24-12-15-7-8-18(23)17(22)11-15)13-25-9-10-26(21(29)20(25)28)16-5-3-2-4-6-16/h2-8,11,14H,9-10,12-13H2,1H3,(H,24,27)/t14-/m0/s1. The third-order valence-corrected chi connectivity index (χ3v) is 5.06. The molecule has 1 aliphatic rings. The molecule has 8 heteroatoms. The van der Waals surface area contributed by atoms with E-state index in [1.165, 1.54) is 28.0 Å². The van der Waals surface area contributed by atoms with Crippen LogP contribution < -0.4 is 10.2 Å². The second kappa shape index (κ2) is 9.05. The van der Waals surface area contributed by atoms with Gasteiger partial charge in [-0.1, -0.05) is 42.8 Å². The van der Waals surface area contributed by atoms with Crippen LogP contribution in [0.2, 0.25) is 5.02 Å². The maximum absolute atomic E-state index is 13.2. The molecule has 1 fully saturated rings. The van der Waals surface area contributed by atoms with Gasteiger partial charge in [-0.3, -0.25) is 14.4 Å². The third-order valence-electron chi connectivity index (χ3n) is 4.77. The maximum atomic E-state index is 13.2. The molecule has 3 amide bonds. The van der Waals surface area contributed by atoms with Gasteiger partial charge in [0.05, 0.1) is 10.9 Å². The van der Waals surface area contributed by atoms with Crippen molar-refractivity contribution in [3.8, 4) is 0 Å². The Morgan fingerprint density at radius 1 is 1.14 bits per heavy atom. The van der Waals surface area contributed by atoms with Gasteiger partial charge in [0.1, 0.15) is 5.82 Å². The molecule has 0 bridgehead atoms. The number of hydrogen-bond acceptors (Lipinski definition) is 3. The molecule has 0 unspecified atom stereocenters. The SMILES string of the molecule is C[C@@H](CN1CCN(c2ccccc2)C(=O)C1=O)C(=O)NCc1ccc(F)c(Cl)c1. The van der Waals surface area contributed by atoms with Crippen LogP contribution in [0, 0.1) is 11.7 Å². The number of nitrogens with one attached hydrogen (secondary N) is 1. The highest BCUT2D eigenvalue weighted by Gasteiger charge is 2.34. The zero-order valence-corrected chi connectivity index (χ0v) is 16.7. The summed E-state index contributed by atoms with van der Waals surface area (Å²) in [6, 6.07) is 13.2. The largest absolute Gasteiger partial charge is 0.352 e. The van der Waals surface area contributed by atoms with Crippen molar-refractivity contribution in [3.05, 3.63) is 64.9 Å². The van der Waals surface area contributed by atoms with Crippen LogP contribution in [0.15, 0.2) is 48.5 Å². The normalized spacial score (nSPS) is 15.4. The summed E-state index contributed by atoms with van der Waals surface area (Å²) in [6.45, 7) is 2.75. The monoisotopic (exact) mass is 417 g/mol. The summed E-state index contributed by atoms with van der Waals surface area (Å²) >= 11 is 5.74. The minimum absolute atomic E-state index is 0.00908. The lowest BCUT2D eigenvalue weighted by molar-refractivity contribution is -0.147. The van der Waals surface area contributed by atoms with Crippen LogP contribution in [0.25, 0.3) is 0 Å². The summed E-state index contributed by atoms with van der Waals surface area (Å²) in [7, 11) is 0. The lowest BCUT2D eigenvalue weighted by Crippen LogP contribution is -2.56. The molecule has 1 atom stereocenters. The van der Waals surface area contributed by atoms with Crippen LogP contribution >= 0.6 is 11.6 Å². The van der Waals surface area contributed by atoms with Crippen LogP contribution in [0.3, 0.4) is 0 Å². The highest BCUT2D eigenvalue weighted by molar-refractivity contribution is 6.41. The first-order valence-electron chi connectivity index (χ1n) is 9.24. The molecule has 0 saturated carbocycles. The van der Waals surface area contributed by atoms with Crippen molar-refractivity contribution in [2.75, 3.05) is 24.5 Å². The second-order valence-corrected chi connectivity index (χ2v) is 7.32. The van der Waals surface area contributed by atoms with Crippen molar-refractivity contribution in [2.24, 2.45) is 5.92 Å². The van der Waals surface area contributed by atoms with Crippen molar-refractivity contribution in [1.29, 1.82) is 0 Å². The second-order valence-electron chi connectivity index (χ2n) is 6.91. The number of anilines is 1. The van der Waals surface area contributed by atoms with E-state index in [4.69, 9.17) is 11.6 Å². The number of rotatable bonds is 6. The van der Waals surface area contributed by atoms with Gasteiger partial charge in [0.25, 0.3) is 0 Å². The van der Waals surface area contributed by atoms with Crippen molar-refractivity contribution < 1.29 is 18.8 Å². The van der Waals surface area contributed by atoms with Crippen molar-refractivity contribution in [1.82, 2.24) is 10.2 Å². The predicted octanol–water partition coefficient (Wildman–Crippen LogP) is 2.61. The van der Waals surface area contributed by atoms with Gasteiger partial charge in [-0.2, -0.15) is 0 Å². The van der Waals surface area contributed by atoms with Crippen molar-refractivity contribution >= 4 is 35.0 Å². The molecular formula is C21H21ClFN3O3. The van der Waals surface area contributed by atoms with E-state index < -0.39 is 23.5 Å². The number of carbonyl (C=O) groups excluding carboxylic acids is 3. The highest BCUT2D eigenvalue weighted by Crippen LogP contribution is 2.18. The zero-order chi connectivity index (χ0) is 21.0. The van der Waals surface area contributed by atoms with Gasteiger partial charge < -0.3 is 15.1 Å². The van der Waals surface area contributed by atoms with E-state index in [0.29, 0.717) is 24.3 Å². The molecular weight excluding hydrogens is 397 g/mol. The first kappa shape index (κ1) is 20.8. The smallest absolute Gasteiger partial charge is 0.316 e. The molecule has 2 aromatic carbocycles. The van der Waals surface area contributed by atoms with Crippen LogP contribution in [0.4, 0.5) is 10.1 Å². The fourth-order valence-electron chi connectivity index (χ4n) is 3.13. The van der Waals surface area contributed by atoms with Gasteiger partial charge in [0, 0.05) is 31.9 Å². The summed E-state index contributed by atoms with van der Waals surface area (Å²) in [5.41, 5.74) is 1.34. The molecule has 152 valence electrons. The van der Waals surface area contributed by atoms with Crippen LogP contribution in [-0.4, -0.2) is 42.3 Å². The Hall–Kier alpha value is -2.93. The molecule has 1 N–H and O–H groups in total. The molecule has 29 heavy (non-hydrogen) atoms. The van der Waals surface area contributed by atoms with E-state index in [9.17, 15) is 18.8 Å². The molecule has 6 nitrogen and oxygen atoms in total. The summed E-state index contributed by atoms with van der Waals surface area (Å²) in [4.78, 5) is 40.1. The highest BCUT2D eigenvalue weighted by atomic mass is 35.5. The van der Waals surface area contributed by atoms with E-state index in [-0.39, 0.29) is 24.0 Å². The zero-order valence-electron chi connectivity index (χ0n) is 15.9. The van der Waals surface area contributed by atoms with Gasteiger partial charge in [0.2, 0.25) is 5.91 Å². The van der Waals surface area contributed by atoms with Gasteiger partial charge in [-0.05, 0) is 29.8 Å². The number of benzene rings is 2. The minimum Gasteiger partial charge on any atom is -0.352 e. The van der Waals surface area contributed by atoms with E-state index in [0.717, 1.165) is 0 Å². The lowest BCUT2D eigenvalue weighted by Gasteiger charge is -2.34. The first-order valence-corrected chi connectivity index (χ1v) is 9.62. The molecule has 0 spiro atoms. The van der Waals surface area contributed by atoms with E-state index in [1.807, 2.05) is 6.07 Å². The van der Waals surface area contributed by atoms with E-state index in [2.05, 4.69) is 5.32 Å².